The highest BCUT2D eigenvalue weighted by atomic mass is 19.4. The standard InChI is InChI=1S/C9H7F3N2O/c10-9(11,12)6-2-1-3-7-5(6)4-8(15)14(7)13/h1-3H,4,13H2. The summed E-state index contributed by atoms with van der Waals surface area (Å²) in [6.45, 7) is 0. The van der Waals surface area contributed by atoms with Crippen LogP contribution in [0.5, 0.6) is 0 Å². The van der Waals surface area contributed by atoms with Crippen LogP contribution in [0.3, 0.4) is 0 Å². The Balaban J connectivity index is 2.60. The summed E-state index contributed by atoms with van der Waals surface area (Å²) in [7, 11) is 0. The SMILES string of the molecule is NN1C(=O)Cc2c1cccc2C(F)(F)F. The molecule has 0 spiro atoms. The number of nitrogens with two attached hydrogens (primary N) is 1. The van der Waals surface area contributed by atoms with Crippen molar-refractivity contribution in [3.05, 3.63) is 29.3 Å². The lowest BCUT2D eigenvalue weighted by molar-refractivity contribution is -0.138. The number of fused-ring (bicyclic) bond motifs is 1. The van der Waals surface area contributed by atoms with Crippen molar-refractivity contribution >= 4 is 11.6 Å². The van der Waals surface area contributed by atoms with Crippen molar-refractivity contribution in [3.8, 4) is 0 Å². The molecule has 0 atom stereocenters. The summed E-state index contributed by atoms with van der Waals surface area (Å²) in [5.74, 6) is 4.79. The fourth-order valence-corrected chi connectivity index (χ4v) is 1.62. The number of hydrogen-bond donors (Lipinski definition) is 1. The summed E-state index contributed by atoms with van der Waals surface area (Å²) in [5, 5.41) is 0.755. The van der Waals surface area contributed by atoms with Crippen LogP contribution in [0.15, 0.2) is 18.2 Å². The molecule has 80 valence electrons. The Morgan fingerprint density at radius 1 is 1.33 bits per heavy atom. The van der Waals surface area contributed by atoms with E-state index in [2.05, 4.69) is 0 Å². The molecule has 1 aliphatic heterocycles. The lowest BCUT2D eigenvalue weighted by Gasteiger charge is -2.12. The third-order valence-electron chi connectivity index (χ3n) is 2.31. The first-order valence-corrected chi connectivity index (χ1v) is 4.18. The van der Waals surface area contributed by atoms with E-state index in [1.54, 1.807) is 0 Å². The van der Waals surface area contributed by atoms with Crippen LogP contribution in [0.1, 0.15) is 11.1 Å². The van der Waals surface area contributed by atoms with Gasteiger partial charge in [0.05, 0.1) is 17.7 Å². The zero-order valence-electron chi connectivity index (χ0n) is 7.51. The molecule has 0 bridgehead atoms. The van der Waals surface area contributed by atoms with E-state index >= 15 is 0 Å². The molecule has 6 heteroatoms. The van der Waals surface area contributed by atoms with Gasteiger partial charge in [0, 0.05) is 0 Å². The highest BCUT2D eigenvalue weighted by Gasteiger charge is 2.38. The molecule has 0 radical (unpaired) electrons. The maximum absolute atomic E-state index is 12.5. The zero-order chi connectivity index (χ0) is 11.2. The fourth-order valence-electron chi connectivity index (χ4n) is 1.62. The molecule has 0 fully saturated rings. The number of anilines is 1. The van der Waals surface area contributed by atoms with Gasteiger partial charge in [0.1, 0.15) is 0 Å². The molecule has 0 aromatic heterocycles. The number of rotatable bonds is 0. The highest BCUT2D eigenvalue weighted by molar-refractivity contribution is 6.00. The number of carbonyl (C=O) groups excluding carboxylic acids is 1. The number of hydrogen-bond acceptors (Lipinski definition) is 2. The molecule has 0 unspecified atom stereocenters. The van der Waals surface area contributed by atoms with Gasteiger partial charge in [-0.3, -0.25) is 4.79 Å². The van der Waals surface area contributed by atoms with E-state index < -0.39 is 17.6 Å². The van der Waals surface area contributed by atoms with Gasteiger partial charge in [-0.1, -0.05) is 6.07 Å². The molecular formula is C9H7F3N2O. The second-order valence-corrected chi connectivity index (χ2v) is 3.24. The minimum absolute atomic E-state index is 0.0440. The monoisotopic (exact) mass is 216 g/mol. The van der Waals surface area contributed by atoms with Gasteiger partial charge < -0.3 is 0 Å². The Kier molecular flexibility index (Phi) is 1.97. The number of halogens is 3. The zero-order valence-corrected chi connectivity index (χ0v) is 7.51. The van der Waals surface area contributed by atoms with Crippen molar-refractivity contribution in [2.45, 2.75) is 12.6 Å². The van der Waals surface area contributed by atoms with Crippen molar-refractivity contribution in [2.24, 2.45) is 5.84 Å². The summed E-state index contributed by atoms with van der Waals surface area (Å²) in [6.07, 6.45) is -4.74. The van der Waals surface area contributed by atoms with Crippen molar-refractivity contribution in [3.63, 3.8) is 0 Å². The van der Waals surface area contributed by atoms with E-state index in [9.17, 15) is 18.0 Å². The number of amides is 1. The van der Waals surface area contributed by atoms with Gasteiger partial charge in [0.15, 0.2) is 0 Å². The van der Waals surface area contributed by atoms with E-state index in [-0.39, 0.29) is 17.7 Å². The molecule has 0 saturated heterocycles. The Morgan fingerprint density at radius 2 is 2.00 bits per heavy atom. The van der Waals surface area contributed by atoms with E-state index in [4.69, 9.17) is 5.84 Å². The number of nitrogens with zero attached hydrogens (tertiary/aromatic N) is 1. The fraction of sp³-hybridized carbons (Fsp3) is 0.222. The molecule has 0 aliphatic carbocycles. The van der Waals surface area contributed by atoms with Crippen molar-refractivity contribution in [1.29, 1.82) is 0 Å². The minimum atomic E-state index is -4.45. The smallest absolute Gasteiger partial charge is 0.273 e. The molecule has 1 heterocycles. The average molecular weight is 216 g/mol. The summed E-state index contributed by atoms with van der Waals surface area (Å²) in [5.41, 5.74) is -0.700. The van der Waals surface area contributed by atoms with E-state index in [1.807, 2.05) is 0 Å². The lowest BCUT2D eigenvalue weighted by atomic mass is 10.0. The van der Waals surface area contributed by atoms with Crippen LogP contribution in [0.2, 0.25) is 0 Å². The van der Waals surface area contributed by atoms with Crippen LogP contribution in [0.25, 0.3) is 0 Å². The quantitative estimate of drug-likeness (QED) is 0.527. The average Bonchev–Trinajstić information content (AvgIpc) is 2.41. The van der Waals surface area contributed by atoms with Gasteiger partial charge in [-0.25, -0.2) is 10.9 Å². The van der Waals surface area contributed by atoms with Gasteiger partial charge in [0.25, 0.3) is 0 Å². The molecule has 2 rings (SSSR count). The molecular weight excluding hydrogens is 209 g/mol. The van der Waals surface area contributed by atoms with Crippen LogP contribution in [-0.4, -0.2) is 5.91 Å². The van der Waals surface area contributed by atoms with Gasteiger partial charge in [-0.15, -0.1) is 0 Å². The predicted molar refractivity (Wildman–Crippen MR) is 46.8 cm³/mol. The summed E-state index contributed by atoms with van der Waals surface area (Å²) in [4.78, 5) is 11.1. The Morgan fingerprint density at radius 3 is 2.60 bits per heavy atom. The van der Waals surface area contributed by atoms with Crippen LogP contribution < -0.4 is 10.9 Å². The topological polar surface area (TPSA) is 46.3 Å². The van der Waals surface area contributed by atoms with Gasteiger partial charge in [0.2, 0.25) is 5.91 Å². The van der Waals surface area contributed by atoms with Crippen LogP contribution in [0, 0.1) is 0 Å². The second kappa shape index (κ2) is 2.96. The number of alkyl halides is 3. The molecule has 0 saturated carbocycles. The predicted octanol–water partition coefficient (Wildman–Crippen LogP) is 1.47. The molecule has 1 amide bonds. The van der Waals surface area contributed by atoms with Crippen LogP contribution in [0.4, 0.5) is 18.9 Å². The highest BCUT2D eigenvalue weighted by Crippen LogP contribution is 2.38. The number of hydrazine groups is 1. The Labute approximate surface area is 83.2 Å². The van der Waals surface area contributed by atoms with Crippen molar-refractivity contribution in [2.75, 3.05) is 5.01 Å². The molecule has 1 aliphatic rings. The lowest BCUT2D eigenvalue weighted by Crippen LogP contribution is -2.33. The summed E-state index contributed by atoms with van der Waals surface area (Å²) >= 11 is 0. The molecule has 15 heavy (non-hydrogen) atoms. The largest absolute Gasteiger partial charge is 0.416 e. The van der Waals surface area contributed by atoms with E-state index in [0.717, 1.165) is 11.1 Å². The third kappa shape index (κ3) is 1.46. The maximum Gasteiger partial charge on any atom is 0.416 e. The van der Waals surface area contributed by atoms with Crippen LogP contribution >= 0.6 is 0 Å². The third-order valence-corrected chi connectivity index (χ3v) is 2.31. The van der Waals surface area contributed by atoms with Gasteiger partial charge >= 0.3 is 6.18 Å². The van der Waals surface area contributed by atoms with Gasteiger partial charge in [-0.2, -0.15) is 13.2 Å². The summed E-state index contributed by atoms with van der Waals surface area (Å²) < 4.78 is 37.6. The van der Waals surface area contributed by atoms with Crippen LogP contribution in [-0.2, 0) is 17.4 Å². The first-order valence-electron chi connectivity index (χ1n) is 4.18. The van der Waals surface area contributed by atoms with Gasteiger partial charge in [-0.05, 0) is 17.7 Å². The molecule has 2 N–H and O–H groups in total. The molecule has 1 aromatic rings. The Bertz CT molecular complexity index is 428. The first-order chi connectivity index (χ1) is 6.91. The minimum Gasteiger partial charge on any atom is -0.273 e. The first kappa shape index (κ1) is 9.97. The normalized spacial score (nSPS) is 15.7. The number of benzene rings is 1. The second-order valence-electron chi connectivity index (χ2n) is 3.24. The van der Waals surface area contributed by atoms with Crippen molar-refractivity contribution < 1.29 is 18.0 Å². The van der Waals surface area contributed by atoms with Crippen molar-refractivity contribution in [1.82, 2.24) is 0 Å². The van der Waals surface area contributed by atoms with E-state index in [1.165, 1.54) is 12.1 Å². The van der Waals surface area contributed by atoms with E-state index in [0.29, 0.717) is 0 Å². The number of carbonyl (C=O) groups is 1. The molecule has 1 aromatic carbocycles. The maximum atomic E-state index is 12.5. The molecule has 3 nitrogen and oxygen atoms in total. The summed E-state index contributed by atoms with van der Waals surface area (Å²) in [6, 6.07) is 3.58. The Hall–Kier alpha value is -1.56.